The lowest BCUT2D eigenvalue weighted by Gasteiger charge is -2.27. The maximum atomic E-state index is 12.9. The van der Waals surface area contributed by atoms with Gasteiger partial charge in [-0.3, -0.25) is 0 Å². The van der Waals surface area contributed by atoms with Gasteiger partial charge in [-0.15, -0.1) is 0 Å². The minimum atomic E-state index is -4.61. The first-order chi connectivity index (χ1) is 12.8. The van der Waals surface area contributed by atoms with Gasteiger partial charge in [-0.05, 0) is 30.3 Å². The highest BCUT2D eigenvalue weighted by molar-refractivity contribution is 6.31. The number of anilines is 3. The molecule has 6 nitrogen and oxygen atoms in total. The van der Waals surface area contributed by atoms with Crippen molar-refractivity contribution in [1.82, 2.24) is 4.98 Å². The monoisotopic (exact) mass is 400 g/mol. The number of alkyl halides is 3. The molecule has 0 unspecified atom stereocenters. The molecule has 0 bridgehead atoms. The molecule has 2 amide bonds. The molecule has 1 aliphatic heterocycles. The summed E-state index contributed by atoms with van der Waals surface area (Å²) in [6, 6.07) is 5.88. The number of hydrogen-bond acceptors (Lipinski definition) is 4. The highest BCUT2D eigenvalue weighted by atomic mass is 35.5. The lowest BCUT2D eigenvalue weighted by atomic mass is 10.2. The van der Waals surface area contributed by atoms with Crippen molar-refractivity contribution in [2.75, 3.05) is 41.8 Å². The lowest BCUT2D eigenvalue weighted by molar-refractivity contribution is -0.137. The number of rotatable bonds is 3. The molecule has 0 radical (unpaired) electrons. The third-order valence-electron chi connectivity index (χ3n) is 3.87. The van der Waals surface area contributed by atoms with Crippen LogP contribution in [0.4, 0.5) is 35.2 Å². The van der Waals surface area contributed by atoms with Crippen molar-refractivity contribution in [2.45, 2.75) is 6.18 Å². The quantitative estimate of drug-likeness (QED) is 0.809. The Balaban J connectivity index is 1.62. The Labute approximate surface area is 158 Å². The summed E-state index contributed by atoms with van der Waals surface area (Å²) in [5, 5.41) is 4.43. The molecule has 1 aromatic carbocycles. The summed E-state index contributed by atoms with van der Waals surface area (Å²) < 4.78 is 43.9. The van der Waals surface area contributed by atoms with Crippen LogP contribution in [0, 0.1) is 0 Å². The Morgan fingerprint density at radius 1 is 1.11 bits per heavy atom. The van der Waals surface area contributed by atoms with Gasteiger partial charge in [0.2, 0.25) is 0 Å². The van der Waals surface area contributed by atoms with E-state index in [1.54, 1.807) is 12.1 Å². The Hall–Kier alpha value is -2.52. The van der Waals surface area contributed by atoms with E-state index in [1.807, 2.05) is 0 Å². The van der Waals surface area contributed by atoms with Crippen molar-refractivity contribution in [3.8, 4) is 0 Å². The standard InChI is InChI=1S/C17H16ClF3N4O2/c18-14-3-1-11(9-13(14)17(19,20)21)23-16(26)24-12-2-4-15(22-10-12)25-5-7-27-8-6-25/h1-4,9-10H,5-8H2,(H2,23,24,26). The van der Waals surface area contributed by atoms with Crippen molar-refractivity contribution < 1.29 is 22.7 Å². The van der Waals surface area contributed by atoms with Gasteiger partial charge >= 0.3 is 12.2 Å². The number of morpholine rings is 1. The van der Waals surface area contributed by atoms with Gasteiger partial charge in [0.05, 0.1) is 35.7 Å². The zero-order valence-corrected chi connectivity index (χ0v) is 14.8. The Morgan fingerprint density at radius 2 is 1.78 bits per heavy atom. The molecular weight excluding hydrogens is 385 g/mol. The van der Waals surface area contributed by atoms with Crippen LogP contribution in [0.15, 0.2) is 36.5 Å². The number of nitrogens with one attached hydrogen (secondary N) is 2. The largest absolute Gasteiger partial charge is 0.417 e. The van der Waals surface area contributed by atoms with Crippen molar-refractivity contribution in [2.24, 2.45) is 0 Å². The number of hydrogen-bond donors (Lipinski definition) is 2. The van der Waals surface area contributed by atoms with E-state index < -0.39 is 22.8 Å². The van der Waals surface area contributed by atoms with Gasteiger partial charge in [0.15, 0.2) is 0 Å². The summed E-state index contributed by atoms with van der Waals surface area (Å²) >= 11 is 5.56. The van der Waals surface area contributed by atoms with Crippen molar-refractivity contribution in [3.63, 3.8) is 0 Å². The van der Waals surface area contributed by atoms with Gasteiger partial charge in [-0.1, -0.05) is 11.6 Å². The molecule has 10 heteroatoms. The number of carbonyl (C=O) groups is 1. The highest BCUT2D eigenvalue weighted by Gasteiger charge is 2.33. The number of aromatic nitrogens is 1. The average Bonchev–Trinajstić information content (AvgIpc) is 2.64. The van der Waals surface area contributed by atoms with Crippen LogP contribution >= 0.6 is 11.6 Å². The van der Waals surface area contributed by atoms with Crippen LogP contribution in [0.2, 0.25) is 5.02 Å². The topological polar surface area (TPSA) is 66.5 Å². The SMILES string of the molecule is O=C(Nc1ccc(N2CCOCC2)nc1)Nc1ccc(Cl)c(C(F)(F)F)c1. The predicted octanol–water partition coefficient (Wildman–Crippen LogP) is 4.23. The molecule has 0 atom stereocenters. The fourth-order valence-electron chi connectivity index (χ4n) is 2.55. The second-order valence-electron chi connectivity index (χ2n) is 5.78. The third-order valence-corrected chi connectivity index (χ3v) is 4.20. The lowest BCUT2D eigenvalue weighted by Crippen LogP contribution is -2.36. The van der Waals surface area contributed by atoms with E-state index in [2.05, 4.69) is 20.5 Å². The Kier molecular flexibility index (Phi) is 5.71. The number of urea groups is 1. The molecule has 2 N–H and O–H groups in total. The van der Waals surface area contributed by atoms with E-state index in [0.717, 1.165) is 31.0 Å². The average molecular weight is 401 g/mol. The third kappa shape index (κ3) is 5.01. The summed E-state index contributed by atoms with van der Waals surface area (Å²) in [6.07, 6.45) is -3.13. The van der Waals surface area contributed by atoms with Crippen molar-refractivity contribution in [3.05, 3.63) is 47.1 Å². The first-order valence-electron chi connectivity index (χ1n) is 8.06. The number of halogens is 4. The first-order valence-corrected chi connectivity index (χ1v) is 8.44. The van der Waals surface area contributed by atoms with Crippen LogP contribution in [0.3, 0.4) is 0 Å². The molecule has 2 heterocycles. The minimum Gasteiger partial charge on any atom is -0.378 e. The molecule has 1 saturated heterocycles. The van der Waals surface area contributed by atoms with Crippen LogP contribution < -0.4 is 15.5 Å². The van der Waals surface area contributed by atoms with Gasteiger partial charge in [0.25, 0.3) is 0 Å². The van der Waals surface area contributed by atoms with E-state index >= 15 is 0 Å². The fourth-order valence-corrected chi connectivity index (χ4v) is 2.78. The van der Waals surface area contributed by atoms with Gasteiger partial charge < -0.3 is 20.3 Å². The molecule has 27 heavy (non-hydrogen) atoms. The summed E-state index contributed by atoms with van der Waals surface area (Å²) in [6.45, 7) is 2.73. The number of pyridine rings is 1. The first kappa shape index (κ1) is 19.2. The number of nitrogens with zero attached hydrogens (tertiary/aromatic N) is 2. The zero-order valence-electron chi connectivity index (χ0n) is 14.0. The number of benzene rings is 1. The predicted molar refractivity (Wildman–Crippen MR) is 96.4 cm³/mol. The van der Waals surface area contributed by atoms with Gasteiger partial charge in [-0.25, -0.2) is 9.78 Å². The van der Waals surface area contributed by atoms with Crippen LogP contribution in [0.1, 0.15) is 5.56 Å². The van der Waals surface area contributed by atoms with E-state index in [0.29, 0.717) is 18.9 Å². The number of amides is 2. The molecule has 0 saturated carbocycles. The Bertz CT molecular complexity index is 809. The Morgan fingerprint density at radius 3 is 2.41 bits per heavy atom. The smallest absolute Gasteiger partial charge is 0.378 e. The summed E-state index contributed by atoms with van der Waals surface area (Å²) in [5.74, 6) is 0.761. The maximum Gasteiger partial charge on any atom is 0.417 e. The van der Waals surface area contributed by atoms with Gasteiger partial charge in [0, 0.05) is 18.8 Å². The molecule has 2 aromatic rings. The second-order valence-corrected chi connectivity index (χ2v) is 6.18. The summed E-state index contributed by atoms with van der Waals surface area (Å²) in [4.78, 5) is 18.4. The van der Waals surface area contributed by atoms with Gasteiger partial charge in [-0.2, -0.15) is 13.2 Å². The van der Waals surface area contributed by atoms with E-state index in [9.17, 15) is 18.0 Å². The van der Waals surface area contributed by atoms with Crippen molar-refractivity contribution >= 4 is 34.8 Å². The second kappa shape index (κ2) is 8.01. The normalized spacial score (nSPS) is 14.7. The highest BCUT2D eigenvalue weighted by Crippen LogP contribution is 2.36. The fraction of sp³-hybridized carbons (Fsp3) is 0.294. The molecule has 3 rings (SSSR count). The molecule has 0 aliphatic carbocycles. The molecule has 0 spiro atoms. The molecule has 144 valence electrons. The van der Waals surface area contributed by atoms with E-state index in [-0.39, 0.29) is 5.69 Å². The molecular formula is C17H16ClF3N4O2. The zero-order chi connectivity index (χ0) is 19.4. The number of carbonyl (C=O) groups excluding carboxylic acids is 1. The molecule has 1 aromatic heterocycles. The minimum absolute atomic E-state index is 0.0258. The summed E-state index contributed by atoms with van der Waals surface area (Å²) in [5.41, 5.74) is -0.630. The van der Waals surface area contributed by atoms with Crippen LogP contribution in [-0.2, 0) is 10.9 Å². The summed E-state index contributed by atoms with van der Waals surface area (Å²) in [7, 11) is 0. The molecule has 1 fully saturated rings. The maximum absolute atomic E-state index is 12.9. The molecule has 1 aliphatic rings. The van der Waals surface area contributed by atoms with E-state index in [1.165, 1.54) is 12.3 Å². The van der Waals surface area contributed by atoms with Crippen LogP contribution in [0.25, 0.3) is 0 Å². The van der Waals surface area contributed by atoms with Gasteiger partial charge in [0.1, 0.15) is 5.82 Å². The van der Waals surface area contributed by atoms with Crippen LogP contribution in [-0.4, -0.2) is 37.3 Å². The van der Waals surface area contributed by atoms with Crippen LogP contribution in [0.5, 0.6) is 0 Å². The van der Waals surface area contributed by atoms with Crippen molar-refractivity contribution in [1.29, 1.82) is 0 Å². The number of ether oxygens (including phenoxy) is 1. The van der Waals surface area contributed by atoms with E-state index in [4.69, 9.17) is 16.3 Å².